The molecule has 3 N–H and O–H groups in total. The molecule has 2 aliphatic rings. The van der Waals surface area contributed by atoms with Crippen molar-refractivity contribution in [2.45, 2.75) is 18.0 Å². The Balaban J connectivity index is 1.56. The van der Waals surface area contributed by atoms with Crippen LogP contribution < -0.4 is 15.8 Å². The highest BCUT2D eigenvalue weighted by Gasteiger charge is 2.50. The highest BCUT2D eigenvalue weighted by Crippen LogP contribution is 2.52. The van der Waals surface area contributed by atoms with Crippen LogP contribution in [0.4, 0.5) is 18.9 Å². The van der Waals surface area contributed by atoms with Gasteiger partial charge in [0.15, 0.2) is 10.1 Å². The molecule has 2 aliphatic heterocycles. The van der Waals surface area contributed by atoms with Crippen molar-refractivity contribution in [2.24, 2.45) is 16.6 Å². The van der Waals surface area contributed by atoms with Gasteiger partial charge in [-0.05, 0) is 48.5 Å². The van der Waals surface area contributed by atoms with Crippen LogP contribution in [-0.4, -0.2) is 35.8 Å². The van der Waals surface area contributed by atoms with E-state index in [1.807, 2.05) is 0 Å². The monoisotopic (exact) mass is 438 g/mol. The number of aliphatic imine (C=N–C) groups is 1. The Morgan fingerprint density at radius 3 is 2.93 bits per heavy atom. The van der Waals surface area contributed by atoms with Gasteiger partial charge in [-0.3, -0.25) is 9.79 Å². The predicted molar refractivity (Wildman–Crippen MR) is 105 cm³/mol. The second kappa shape index (κ2) is 8.15. The molecule has 4 rings (SSSR count). The first kappa shape index (κ1) is 20.5. The largest absolute Gasteiger partial charge is 0.433 e. The zero-order valence-corrected chi connectivity index (χ0v) is 16.3. The van der Waals surface area contributed by atoms with Crippen LogP contribution in [-0.2, 0) is 9.67 Å². The quantitative estimate of drug-likeness (QED) is 0.743. The number of benzene rings is 1. The van der Waals surface area contributed by atoms with E-state index in [1.54, 1.807) is 0 Å². The van der Waals surface area contributed by atoms with Gasteiger partial charge in [0, 0.05) is 30.3 Å². The first-order valence-corrected chi connectivity index (χ1v) is 9.84. The third-order valence-electron chi connectivity index (χ3n) is 4.84. The number of hydrogen-bond acceptors (Lipinski definition) is 7. The van der Waals surface area contributed by atoms with Gasteiger partial charge in [-0.25, -0.2) is 9.37 Å². The van der Waals surface area contributed by atoms with E-state index in [0.29, 0.717) is 24.0 Å². The average Bonchev–Trinajstić information content (AvgIpc) is 3.13. The number of halogens is 3. The highest BCUT2D eigenvalue weighted by atomic mass is 32.2. The van der Waals surface area contributed by atoms with Crippen LogP contribution in [0.2, 0.25) is 0 Å². The van der Waals surface area contributed by atoms with Gasteiger partial charge in [-0.1, -0.05) is 0 Å². The Bertz CT molecular complexity index is 989. The standard InChI is InChI=1S/C19H17F3N4O3S/c20-14-3-1-11(26-16(27)15-4-2-12(9-24-15)29-17(21)22)7-13(14)19-10(5-6-28-19)8-25-18(23)30-19/h1-4,7,9-10,17H,5-6,8H2,(H2,23,25)(H,26,27)/t10-,19-/m1/s1. The molecule has 1 fully saturated rings. The van der Waals surface area contributed by atoms with Gasteiger partial charge < -0.3 is 20.5 Å². The third-order valence-corrected chi connectivity index (χ3v) is 6.15. The Morgan fingerprint density at radius 1 is 1.37 bits per heavy atom. The summed E-state index contributed by atoms with van der Waals surface area (Å²) in [4.78, 5) is 19.5. The average molecular weight is 438 g/mol. The van der Waals surface area contributed by atoms with Crippen molar-refractivity contribution >= 4 is 28.5 Å². The summed E-state index contributed by atoms with van der Waals surface area (Å²) < 4.78 is 49.3. The Morgan fingerprint density at radius 2 is 2.20 bits per heavy atom. The fraction of sp³-hybridized carbons (Fsp3) is 0.316. The lowest BCUT2D eigenvalue weighted by Crippen LogP contribution is -2.38. The number of aromatic nitrogens is 1. The maximum absolute atomic E-state index is 14.7. The van der Waals surface area contributed by atoms with Crippen LogP contribution in [0.5, 0.6) is 5.75 Å². The summed E-state index contributed by atoms with van der Waals surface area (Å²) >= 11 is 1.17. The molecular weight excluding hydrogens is 421 g/mol. The maximum Gasteiger partial charge on any atom is 0.387 e. The summed E-state index contributed by atoms with van der Waals surface area (Å²) in [7, 11) is 0. The highest BCUT2D eigenvalue weighted by molar-refractivity contribution is 8.14. The third kappa shape index (κ3) is 3.94. The molecule has 0 unspecified atom stereocenters. The van der Waals surface area contributed by atoms with Gasteiger partial charge in [0.1, 0.15) is 17.3 Å². The van der Waals surface area contributed by atoms with Crippen molar-refractivity contribution in [3.05, 3.63) is 53.6 Å². The number of amides is 1. The zero-order valence-electron chi connectivity index (χ0n) is 15.5. The molecule has 0 radical (unpaired) electrons. The van der Waals surface area contributed by atoms with Gasteiger partial charge in [0.05, 0.1) is 6.20 Å². The number of amidine groups is 1. The minimum atomic E-state index is -2.98. The normalized spacial score (nSPS) is 23.1. The molecule has 7 nitrogen and oxygen atoms in total. The second-order valence-corrected chi connectivity index (χ2v) is 7.92. The Hall–Kier alpha value is -2.79. The molecule has 2 atom stereocenters. The number of nitrogens with two attached hydrogens (primary N) is 1. The van der Waals surface area contributed by atoms with Crippen LogP contribution in [0.25, 0.3) is 0 Å². The van der Waals surface area contributed by atoms with Gasteiger partial charge in [-0.15, -0.1) is 0 Å². The summed E-state index contributed by atoms with van der Waals surface area (Å²) in [5.41, 5.74) is 6.47. The SMILES string of the molecule is NC1=NC[C@H]2CCO[C@@]2(c2cc(NC(=O)c3ccc(OC(F)F)cn3)ccc2F)S1. The number of fused-ring (bicyclic) bond motifs is 1. The lowest BCUT2D eigenvalue weighted by atomic mass is 9.93. The number of carbonyl (C=O) groups is 1. The van der Waals surface area contributed by atoms with Crippen molar-refractivity contribution < 1.29 is 27.4 Å². The van der Waals surface area contributed by atoms with E-state index >= 15 is 0 Å². The van der Waals surface area contributed by atoms with Gasteiger partial charge >= 0.3 is 6.61 Å². The molecule has 0 spiro atoms. The van der Waals surface area contributed by atoms with Crippen LogP contribution in [0.15, 0.2) is 41.5 Å². The van der Waals surface area contributed by atoms with Crippen molar-refractivity contribution in [2.75, 3.05) is 18.5 Å². The molecule has 30 heavy (non-hydrogen) atoms. The van der Waals surface area contributed by atoms with E-state index < -0.39 is 23.3 Å². The zero-order chi connectivity index (χ0) is 21.3. The number of nitrogens with one attached hydrogen (secondary N) is 1. The fourth-order valence-electron chi connectivity index (χ4n) is 3.48. The summed E-state index contributed by atoms with van der Waals surface area (Å²) in [6.45, 7) is -2.10. The van der Waals surface area contributed by atoms with E-state index in [2.05, 4.69) is 20.0 Å². The fourth-order valence-corrected chi connectivity index (χ4v) is 4.70. The molecule has 158 valence electrons. The van der Waals surface area contributed by atoms with E-state index in [9.17, 15) is 18.0 Å². The number of anilines is 1. The molecule has 1 aromatic heterocycles. The van der Waals surface area contributed by atoms with E-state index in [4.69, 9.17) is 10.5 Å². The van der Waals surface area contributed by atoms with Crippen molar-refractivity contribution in [3.63, 3.8) is 0 Å². The summed E-state index contributed by atoms with van der Waals surface area (Å²) in [5.74, 6) is -1.27. The molecule has 3 heterocycles. The number of pyridine rings is 1. The molecule has 1 aromatic carbocycles. The minimum absolute atomic E-state index is 0.0148. The number of hydrogen-bond donors (Lipinski definition) is 2. The smallest absolute Gasteiger partial charge is 0.387 e. The van der Waals surface area contributed by atoms with Gasteiger partial charge in [-0.2, -0.15) is 8.78 Å². The summed E-state index contributed by atoms with van der Waals surface area (Å²) in [6.07, 6.45) is 1.74. The predicted octanol–water partition coefficient (Wildman–Crippen LogP) is 3.33. The Labute approximate surface area is 173 Å². The topological polar surface area (TPSA) is 98.8 Å². The van der Waals surface area contributed by atoms with E-state index in [1.165, 1.54) is 42.1 Å². The van der Waals surface area contributed by atoms with Crippen molar-refractivity contribution in [1.29, 1.82) is 0 Å². The number of alkyl halides is 2. The van der Waals surface area contributed by atoms with E-state index in [-0.39, 0.29) is 22.9 Å². The molecule has 0 aliphatic carbocycles. The molecule has 1 amide bonds. The summed E-state index contributed by atoms with van der Waals surface area (Å²) in [5, 5.41) is 2.95. The van der Waals surface area contributed by atoms with Crippen LogP contribution in [0.3, 0.4) is 0 Å². The van der Waals surface area contributed by atoms with Crippen LogP contribution in [0, 0.1) is 11.7 Å². The minimum Gasteiger partial charge on any atom is -0.433 e. The van der Waals surface area contributed by atoms with Crippen LogP contribution in [0.1, 0.15) is 22.5 Å². The van der Waals surface area contributed by atoms with E-state index in [0.717, 1.165) is 12.6 Å². The molecule has 1 saturated heterocycles. The number of rotatable bonds is 5. The molecule has 0 saturated carbocycles. The lowest BCUT2D eigenvalue weighted by molar-refractivity contribution is -0.0500. The molecular formula is C19H17F3N4O3S. The van der Waals surface area contributed by atoms with Gasteiger partial charge in [0.25, 0.3) is 5.91 Å². The first-order valence-electron chi connectivity index (χ1n) is 9.02. The first-order chi connectivity index (χ1) is 14.4. The molecule has 11 heteroatoms. The second-order valence-electron chi connectivity index (χ2n) is 6.69. The number of ether oxygens (including phenoxy) is 2. The van der Waals surface area contributed by atoms with Gasteiger partial charge in [0.2, 0.25) is 0 Å². The maximum atomic E-state index is 14.7. The number of nitrogens with zero attached hydrogens (tertiary/aromatic N) is 2. The Kier molecular flexibility index (Phi) is 5.56. The number of thioether (sulfide) groups is 1. The number of carbonyl (C=O) groups excluding carboxylic acids is 1. The van der Waals surface area contributed by atoms with Crippen molar-refractivity contribution in [1.82, 2.24) is 4.98 Å². The summed E-state index contributed by atoms with van der Waals surface area (Å²) in [6, 6.07) is 6.62. The van der Waals surface area contributed by atoms with Crippen molar-refractivity contribution in [3.8, 4) is 5.75 Å². The molecule has 0 bridgehead atoms. The van der Waals surface area contributed by atoms with Crippen LogP contribution >= 0.6 is 11.8 Å². The molecule has 2 aromatic rings. The lowest BCUT2D eigenvalue weighted by Gasteiger charge is -2.36.